The number of carbonyl (C=O) groups excluding carboxylic acids is 2. The van der Waals surface area contributed by atoms with Gasteiger partial charge in [0.05, 0.1) is 0 Å². The van der Waals surface area contributed by atoms with Crippen LogP contribution in [0.3, 0.4) is 0 Å². The lowest BCUT2D eigenvalue weighted by atomic mass is 10.1. The lowest BCUT2D eigenvalue weighted by Crippen LogP contribution is -2.42. The molecule has 0 unspecified atom stereocenters. The van der Waals surface area contributed by atoms with Crippen molar-refractivity contribution in [2.45, 2.75) is 45.1 Å². The van der Waals surface area contributed by atoms with Gasteiger partial charge in [-0.1, -0.05) is 36.8 Å². The lowest BCUT2D eigenvalue weighted by molar-refractivity contribution is -0.141. The minimum absolute atomic E-state index is 0.0621. The molecule has 0 spiro atoms. The minimum Gasteiger partial charge on any atom is -0.480 e. The van der Waals surface area contributed by atoms with Crippen LogP contribution in [0.15, 0.2) is 30.3 Å². The van der Waals surface area contributed by atoms with E-state index in [0.717, 1.165) is 18.4 Å². The van der Waals surface area contributed by atoms with Crippen molar-refractivity contribution in [2.75, 3.05) is 6.54 Å². The van der Waals surface area contributed by atoms with Crippen molar-refractivity contribution in [1.82, 2.24) is 10.6 Å². The van der Waals surface area contributed by atoms with Gasteiger partial charge in [-0.05, 0) is 18.4 Å². The number of aliphatic carboxylic acids is 1. The molecule has 0 aromatic heterocycles. The van der Waals surface area contributed by atoms with Gasteiger partial charge >= 0.3 is 5.97 Å². The zero-order valence-electron chi connectivity index (χ0n) is 13.4. The Morgan fingerprint density at radius 3 is 2.39 bits per heavy atom. The van der Waals surface area contributed by atoms with E-state index in [-0.39, 0.29) is 18.2 Å². The number of benzene rings is 1. The summed E-state index contributed by atoms with van der Waals surface area (Å²) in [5, 5.41) is 14.5. The highest BCUT2D eigenvalue weighted by molar-refractivity contribution is 5.83. The molecule has 0 bridgehead atoms. The topological polar surface area (TPSA) is 95.5 Å². The molecule has 0 radical (unpaired) electrons. The molecule has 0 saturated heterocycles. The Bertz CT molecular complexity index is 517. The quantitative estimate of drug-likeness (QED) is 0.569. The molecule has 1 aromatic carbocycles. The molecule has 0 heterocycles. The first kappa shape index (κ1) is 18.7. The number of amides is 2. The maximum absolute atomic E-state index is 11.8. The summed E-state index contributed by atoms with van der Waals surface area (Å²) < 4.78 is 0. The first-order chi connectivity index (χ1) is 11.0. The van der Waals surface area contributed by atoms with E-state index in [9.17, 15) is 19.5 Å². The third-order valence-corrected chi connectivity index (χ3v) is 3.37. The third-order valence-electron chi connectivity index (χ3n) is 3.37. The van der Waals surface area contributed by atoms with Crippen LogP contribution >= 0.6 is 0 Å². The molecule has 1 aromatic rings. The molecule has 1 atom stereocenters. The van der Waals surface area contributed by atoms with E-state index in [1.54, 1.807) is 0 Å². The van der Waals surface area contributed by atoms with Crippen molar-refractivity contribution in [3.8, 4) is 0 Å². The molecule has 6 heteroatoms. The van der Waals surface area contributed by atoms with E-state index >= 15 is 0 Å². The van der Waals surface area contributed by atoms with Crippen LogP contribution in [0.5, 0.6) is 0 Å². The summed E-state index contributed by atoms with van der Waals surface area (Å²) in [5.41, 5.74) is 0.871. The Kier molecular flexibility index (Phi) is 8.42. The number of carboxylic acids is 1. The SMILES string of the molecule is CC(=O)NCCCCCC(=O)N[C@@H](Cc1ccccc1)C(=O)O. The van der Waals surface area contributed by atoms with Crippen LogP contribution in [0.4, 0.5) is 0 Å². The van der Waals surface area contributed by atoms with Gasteiger partial charge in [0.2, 0.25) is 11.8 Å². The molecule has 0 aliphatic carbocycles. The Morgan fingerprint density at radius 2 is 1.78 bits per heavy atom. The molecule has 126 valence electrons. The van der Waals surface area contributed by atoms with Gasteiger partial charge in [0.1, 0.15) is 6.04 Å². The summed E-state index contributed by atoms with van der Waals surface area (Å²) in [5.74, 6) is -1.35. The van der Waals surface area contributed by atoms with Crippen molar-refractivity contribution < 1.29 is 19.5 Å². The van der Waals surface area contributed by atoms with Crippen molar-refractivity contribution in [2.24, 2.45) is 0 Å². The normalized spacial score (nSPS) is 11.5. The van der Waals surface area contributed by atoms with Crippen LogP contribution in [0, 0.1) is 0 Å². The molecule has 0 fully saturated rings. The lowest BCUT2D eigenvalue weighted by Gasteiger charge is -2.14. The predicted octanol–water partition coefficient (Wildman–Crippen LogP) is 1.49. The summed E-state index contributed by atoms with van der Waals surface area (Å²) in [6.45, 7) is 2.06. The molecular formula is C17H24N2O4. The van der Waals surface area contributed by atoms with Gasteiger partial charge in [-0.2, -0.15) is 0 Å². The van der Waals surface area contributed by atoms with Crippen LogP contribution in [-0.2, 0) is 20.8 Å². The van der Waals surface area contributed by atoms with Crippen LogP contribution in [0.2, 0.25) is 0 Å². The van der Waals surface area contributed by atoms with Crippen molar-refractivity contribution in [1.29, 1.82) is 0 Å². The van der Waals surface area contributed by atoms with E-state index in [1.807, 2.05) is 30.3 Å². The summed E-state index contributed by atoms with van der Waals surface area (Å²) in [7, 11) is 0. The monoisotopic (exact) mass is 320 g/mol. The second-order valence-corrected chi connectivity index (χ2v) is 5.44. The molecule has 2 amide bonds. The highest BCUT2D eigenvalue weighted by Crippen LogP contribution is 2.05. The molecule has 6 nitrogen and oxygen atoms in total. The van der Waals surface area contributed by atoms with Crippen LogP contribution in [-0.4, -0.2) is 35.5 Å². The molecule has 23 heavy (non-hydrogen) atoms. The second kappa shape index (κ2) is 10.4. The number of nitrogens with one attached hydrogen (secondary N) is 2. The third kappa shape index (κ3) is 8.60. The Hall–Kier alpha value is -2.37. The highest BCUT2D eigenvalue weighted by atomic mass is 16.4. The number of hydrogen-bond acceptors (Lipinski definition) is 3. The van der Waals surface area contributed by atoms with E-state index in [0.29, 0.717) is 19.4 Å². The number of hydrogen-bond donors (Lipinski definition) is 3. The van der Waals surface area contributed by atoms with Crippen molar-refractivity contribution in [3.05, 3.63) is 35.9 Å². The number of carboxylic acid groups (broad SMARTS) is 1. The molecule has 0 aliphatic heterocycles. The van der Waals surface area contributed by atoms with Gasteiger partial charge < -0.3 is 15.7 Å². The molecule has 0 aliphatic rings. The van der Waals surface area contributed by atoms with Gasteiger partial charge in [-0.15, -0.1) is 0 Å². The minimum atomic E-state index is -1.03. The molecule has 1 rings (SSSR count). The maximum Gasteiger partial charge on any atom is 0.326 e. The van der Waals surface area contributed by atoms with Gasteiger partial charge in [-0.25, -0.2) is 4.79 Å². The Labute approximate surface area is 136 Å². The fourth-order valence-corrected chi connectivity index (χ4v) is 2.17. The fraction of sp³-hybridized carbons (Fsp3) is 0.471. The van der Waals surface area contributed by atoms with E-state index in [2.05, 4.69) is 10.6 Å². The van der Waals surface area contributed by atoms with E-state index in [4.69, 9.17) is 0 Å². The van der Waals surface area contributed by atoms with Gasteiger partial charge in [0.25, 0.3) is 0 Å². The van der Waals surface area contributed by atoms with Crippen molar-refractivity contribution in [3.63, 3.8) is 0 Å². The van der Waals surface area contributed by atoms with Crippen LogP contribution in [0.1, 0.15) is 38.2 Å². The summed E-state index contributed by atoms with van der Waals surface area (Å²) in [6.07, 6.45) is 2.84. The first-order valence-electron chi connectivity index (χ1n) is 7.79. The standard InChI is InChI=1S/C17H24N2O4/c1-13(20)18-11-7-3-6-10-16(21)19-15(17(22)23)12-14-8-4-2-5-9-14/h2,4-5,8-9,15H,3,6-7,10-12H2,1H3,(H,18,20)(H,19,21)(H,22,23)/t15-/m0/s1. The maximum atomic E-state index is 11.8. The largest absolute Gasteiger partial charge is 0.480 e. The number of rotatable bonds is 10. The highest BCUT2D eigenvalue weighted by Gasteiger charge is 2.19. The second-order valence-electron chi connectivity index (χ2n) is 5.44. The average molecular weight is 320 g/mol. The van der Waals surface area contributed by atoms with Crippen molar-refractivity contribution >= 4 is 17.8 Å². The number of carbonyl (C=O) groups is 3. The Balaban J connectivity index is 2.29. The zero-order chi connectivity index (χ0) is 17.1. The Morgan fingerprint density at radius 1 is 1.09 bits per heavy atom. The fourth-order valence-electron chi connectivity index (χ4n) is 2.17. The summed E-state index contributed by atoms with van der Waals surface area (Å²) in [6, 6.07) is 8.30. The zero-order valence-corrected chi connectivity index (χ0v) is 13.4. The summed E-state index contributed by atoms with van der Waals surface area (Å²) in [4.78, 5) is 33.8. The first-order valence-corrected chi connectivity index (χ1v) is 7.79. The average Bonchev–Trinajstić information content (AvgIpc) is 2.50. The summed E-state index contributed by atoms with van der Waals surface area (Å²) >= 11 is 0. The van der Waals surface area contributed by atoms with Crippen LogP contribution in [0.25, 0.3) is 0 Å². The van der Waals surface area contributed by atoms with E-state index in [1.165, 1.54) is 6.92 Å². The van der Waals surface area contributed by atoms with Gasteiger partial charge in [-0.3, -0.25) is 9.59 Å². The smallest absolute Gasteiger partial charge is 0.326 e. The van der Waals surface area contributed by atoms with Gasteiger partial charge in [0.15, 0.2) is 0 Å². The van der Waals surface area contributed by atoms with Crippen LogP contribution < -0.4 is 10.6 Å². The molecule has 3 N–H and O–H groups in total. The van der Waals surface area contributed by atoms with E-state index < -0.39 is 12.0 Å². The molecular weight excluding hydrogens is 296 g/mol. The molecule has 0 saturated carbocycles. The van der Waals surface area contributed by atoms with Gasteiger partial charge in [0, 0.05) is 26.3 Å². The predicted molar refractivity (Wildman–Crippen MR) is 86.9 cm³/mol. The number of unbranched alkanes of at least 4 members (excludes halogenated alkanes) is 2.